The van der Waals surface area contributed by atoms with Crippen LogP contribution in [0.1, 0.15) is 32.6 Å². The van der Waals surface area contributed by atoms with Crippen LogP contribution in [0.5, 0.6) is 0 Å². The molecule has 2 aliphatic heterocycles. The van der Waals surface area contributed by atoms with Gasteiger partial charge in [0.15, 0.2) is 0 Å². The molecular formula is C12H25ClN2O3S. The molecule has 2 saturated heterocycles. The van der Waals surface area contributed by atoms with Crippen molar-refractivity contribution in [2.45, 2.75) is 44.8 Å². The molecule has 2 rings (SSSR count). The molecule has 0 aromatic carbocycles. The Morgan fingerprint density at radius 2 is 2.11 bits per heavy atom. The van der Waals surface area contributed by atoms with E-state index >= 15 is 0 Å². The molecule has 0 aromatic heterocycles. The van der Waals surface area contributed by atoms with Gasteiger partial charge in [-0.15, -0.1) is 12.4 Å². The Kier molecular flexibility index (Phi) is 6.53. The third-order valence-electron chi connectivity index (χ3n) is 3.97. The monoisotopic (exact) mass is 312 g/mol. The zero-order chi connectivity index (χ0) is 13.2. The van der Waals surface area contributed by atoms with E-state index in [9.17, 15) is 8.42 Å². The molecule has 7 heteroatoms. The minimum atomic E-state index is -3.20. The number of nitrogens with zero attached hydrogens (tertiary/aromatic N) is 1. The molecule has 0 aromatic rings. The average Bonchev–Trinajstić information content (AvgIpc) is 2.72. The highest BCUT2D eigenvalue weighted by Crippen LogP contribution is 2.26. The Balaban J connectivity index is 0.00000180. The van der Waals surface area contributed by atoms with Crippen LogP contribution < -0.4 is 5.73 Å². The number of hydrogen-bond donors (Lipinski definition) is 1. The SMILES string of the molecule is CC1CC(CN)CN1S(=O)(=O)CC1CCCCO1.Cl. The molecule has 2 fully saturated rings. The molecule has 2 aliphatic rings. The largest absolute Gasteiger partial charge is 0.377 e. The Labute approximate surface area is 122 Å². The lowest BCUT2D eigenvalue weighted by Gasteiger charge is -2.27. The van der Waals surface area contributed by atoms with Gasteiger partial charge in [-0.2, -0.15) is 4.31 Å². The van der Waals surface area contributed by atoms with Crippen molar-refractivity contribution in [2.75, 3.05) is 25.4 Å². The molecule has 0 bridgehead atoms. The minimum Gasteiger partial charge on any atom is -0.377 e. The van der Waals surface area contributed by atoms with Gasteiger partial charge in [-0.1, -0.05) is 0 Å². The number of hydrogen-bond acceptors (Lipinski definition) is 4. The van der Waals surface area contributed by atoms with Gasteiger partial charge >= 0.3 is 0 Å². The molecule has 3 atom stereocenters. The quantitative estimate of drug-likeness (QED) is 0.840. The molecule has 0 radical (unpaired) electrons. The van der Waals surface area contributed by atoms with E-state index in [0.717, 1.165) is 25.7 Å². The minimum absolute atomic E-state index is 0. The first-order valence-electron chi connectivity index (χ1n) is 6.84. The molecule has 0 amide bonds. The van der Waals surface area contributed by atoms with E-state index in [-0.39, 0.29) is 30.3 Å². The summed E-state index contributed by atoms with van der Waals surface area (Å²) < 4.78 is 31.9. The summed E-state index contributed by atoms with van der Waals surface area (Å²) in [5.74, 6) is 0.441. The molecule has 0 saturated carbocycles. The lowest BCUT2D eigenvalue weighted by molar-refractivity contribution is 0.0298. The zero-order valence-electron chi connectivity index (χ0n) is 11.5. The fourth-order valence-electron chi connectivity index (χ4n) is 2.94. The lowest BCUT2D eigenvalue weighted by atomic mass is 10.1. The molecule has 2 heterocycles. The van der Waals surface area contributed by atoms with Gasteiger partial charge in [0.05, 0.1) is 11.9 Å². The Hall–Kier alpha value is 0.120. The summed E-state index contributed by atoms with van der Waals surface area (Å²) in [7, 11) is -3.20. The molecule has 2 N–H and O–H groups in total. The highest BCUT2D eigenvalue weighted by Gasteiger charge is 2.37. The van der Waals surface area contributed by atoms with Crippen molar-refractivity contribution >= 4 is 22.4 Å². The maximum Gasteiger partial charge on any atom is 0.216 e. The number of nitrogens with two attached hydrogens (primary N) is 1. The Morgan fingerprint density at radius 3 is 2.63 bits per heavy atom. The third kappa shape index (κ3) is 4.29. The van der Waals surface area contributed by atoms with Crippen molar-refractivity contribution in [3.8, 4) is 0 Å². The van der Waals surface area contributed by atoms with Crippen molar-refractivity contribution in [2.24, 2.45) is 11.7 Å². The summed E-state index contributed by atoms with van der Waals surface area (Å²) in [6.07, 6.45) is 3.74. The van der Waals surface area contributed by atoms with Crippen molar-refractivity contribution in [3.63, 3.8) is 0 Å². The Morgan fingerprint density at radius 1 is 1.37 bits per heavy atom. The maximum atomic E-state index is 12.4. The summed E-state index contributed by atoms with van der Waals surface area (Å²) in [6, 6.07) is 0.0761. The van der Waals surface area contributed by atoms with Gasteiger partial charge < -0.3 is 10.5 Å². The Bertz CT molecular complexity index is 371. The molecule has 19 heavy (non-hydrogen) atoms. The molecule has 0 spiro atoms. The van der Waals surface area contributed by atoms with Gasteiger partial charge in [-0.3, -0.25) is 0 Å². The summed E-state index contributed by atoms with van der Waals surface area (Å²) in [6.45, 7) is 3.80. The van der Waals surface area contributed by atoms with Crippen molar-refractivity contribution < 1.29 is 13.2 Å². The van der Waals surface area contributed by atoms with E-state index in [1.54, 1.807) is 4.31 Å². The van der Waals surface area contributed by atoms with Crippen molar-refractivity contribution in [1.29, 1.82) is 0 Å². The van der Waals surface area contributed by atoms with Crippen LogP contribution >= 0.6 is 12.4 Å². The van der Waals surface area contributed by atoms with Gasteiger partial charge in [-0.25, -0.2) is 8.42 Å². The van der Waals surface area contributed by atoms with E-state index in [0.29, 0.717) is 25.6 Å². The number of rotatable bonds is 4. The van der Waals surface area contributed by atoms with Crippen LogP contribution in [0.2, 0.25) is 0 Å². The normalized spacial score (nSPS) is 33.1. The topological polar surface area (TPSA) is 72.6 Å². The van der Waals surface area contributed by atoms with Crippen LogP contribution in [0.3, 0.4) is 0 Å². The second-order valence-corrected chi connectivity index (χ2v) is 7.49. The summed E-state index contributed by atoms with van der Waals surface area (Å²) in [5, 5.41) is 0. The number of sulfonamides is 1. The first kappa shape index (κ1) is 17.2. The van der Waals surface area contributed by atoms with Gasteiger partial charge in [-0.05, 0) is 45.1 Å². The highest BCUT2D eigenvalue weighted by atomic mass is 35.5. The molecule has 0 aliphatic carbocycles. The van der Waals surface area contributed by atoms with E-state index in [4.69, 9.17) is 10.5 Å². The van der Waals surface area contributed by atoms with Crippen LogP contribution in [0.4, 0.5) is 0 Å². The van der Waals surface area contributed by atoms with E-state index < -0.39 is 10.0 Å². The van der Waals surface area contributed by atoms with Gasteiger partial charge in [0.1, 0.15) is 0 Å². The fraction of sp³-hybridized carbons (Fsp3) is 1.00. The molecule has 114 valence electrons. The van der Waals surface area contributed by atoms with E-state index in [1.165, 1.54) is 0 Å². The summed E-state index contributed by atoms with van der Waals surface area (Å²) >= 11 is 0. The smallest absolute Gasteiger partial charge is 0.216 e. The lowest BCUT2D eigenvalue weighted by Crippen LogP contribution is -2.40. The first-order chi connectivity index (χ1) is 8.53. The van der Waals surface area contributed by atoms with E-state index in [2.05, 4.69) is 0 Å². The molecular weight excluding hydrogens is 288 g/mol. The third-order valence-corrected chi connectivity index (χ3v) is 5.98. The van der Waals surface area contributed by atoms with Gasteiger partial charge in [0.2, 0.25) is 10.0 Å². The van der Waals surface area contributed by atoms with Crippen LogP contribution in [0, 0.1) is 5.92 Å². The predicted octanol–water partition coefficient (Wildman–Crippen LogP) is 0.976. The standard InChI is InChI=1S/C12H24N2O3S.ClH/c1-10-6-11(7-13)8-14(10)18(15,16)9-12-4-2-3-5-17-12;/h10-12H,2-9,13H2,1H3;1H. The van der Waals surface area contributed by atoms with Crippen LogP contribution in [0.15, 0.2) is 0 Å². The first-order valence-corrected chi connectivity index (χ1v) is 8.45. The van der Waals surface area contributed by atoms with Crippen molar-refractivity contribution in [1.82, 2.24) is 4.31 Å². The van der Waals surface area contributed by atoms with Crippen LogP contribution in [-0.4, -0.2) is 50.3 Å². The van der Waals surface area contributed by atoms with Gasteiger partial charge in [0, 0.05) is 19.2 Å². The second-order valence-electron chi connectivity index (χ2n) is 5.52. The van der Waals surface area contributed by atoms with Crippen molar-refractivity contribution in [3.05, 3.63) is 0 Å². The maximum absolute atomic E-state index is 12.4. The van der Waals surface area contributed by atoms with Gasteiger partial charge in [0.25, 0.3) is 0 Å². The van der Waals surface area contributed by atoms with Crippen LogP contribution in [0.25, 0.3) is 0 Å². The fourth-order valence-corrected chi connectivity index (χ4v) is 4.93. The summed E-state index contributed by atoms with van der Waals surface area (Å²) in [4.78, 5) is 0. The molecule has 5 nitrogen and oxygen atoms in total. The second kappa shape index (κ2) is 7.22. The summed E-state index contributed by atoms with van der Waals surface area (Å²) in [5.41, 5.74) is 5.64. The zero-order valence-corrected chi connectivity index (χ0v) is 13.1. The molecule has 3 unspecified atom stereocenters. The van der Waals surface area contributed by atoms with Crippen LogP contribution in [-0.2, 0) is 14.8 Å². The average molecular weight is 313 g/mol. The number of halogens is 1. The number of ether oxygens (including phenoxy) is 1. The predicted molar refractivity (Wildman–Crippen MR) is 78.0 cm³/mol. The highest BCUT2D eigenvalue weighted by molar-refractivity contribution is 7.89. The van der Waals surface area contributed by atoms with E-state index in [1.807, 2.05) is 6.92 Å².